The number of benzene rings is 2. The van der Waals surface area contributed by atoms with Gasteiger partial charge in [0.15, 0.2) is 5.11 Å². The number of anilines is 2. The zero-order valence-electron chi connectivity index (χ0n) is 14.7. The van der Waals surface area contributed by atoms with Crippen molar-refractivity contribution >= 4 is 34.6 Å². The van der Waals surface area contributed by atoms with E-state index in [-0.39, 0.29) is 5.91 Å². The van der Waals surface area contributed by atoms with Gasteiger partial charge in [-0.15, -0.1) is 0 Å². The number of carbonyl (C=O) groups is 1. The number of amides is 1. The average Bonchev–Trinajstić information content (AvgIpc) is 3.21. The van der Waals surface area contributed by atoms with E-state index in [1.807, 2.05) is 12.1 Å². The van der Waals surface area contributed by atoms with Crippen LogP contribution in [0.2, 0.25) is 0 Å². The highest BCUT2D eigenvalue weighted by molar-refractivity contribution is 7.80. The molecule has 0 saturated carbocycles. The minimum Gasteiger partial charge on any atom is -0.497 e. The predicted octanol–water partition coefficient (Wildman–Crippen LogP) is 4.03. The molecule has 1 amide bonds. The van der Waals surface area contributed by atoms with Crippen molar-refractivity contribution in [2.75, 3.05) is 17.7 Å². The van der Waals surface area contributed by atoms with E-state index < -0.39 is 0 Å². The van der Waals surface area contributed by atoms with Crippen molar-refractivity contribution in [3.63, 3.8) is 0 Å². The van der Waals surface area contributed by atoms with Crippen molar-refractivity contribution < 1.29 is 13.9 Å². The molecule has 138 valence electrons. The summed E-state index contributed by atoms with van der Waals surface area (Å²) in [6.45, 7) is 0.501. The lowest BCUT2D eigenvalue weighted by Crippen LogP contribution is -2.27. The van der Waals surface area contributed by atoms with E-state index in [0.717, 1.165) is 17.2 Å². The first-order valence-corrected chi connectivity index (χ1v) is 8.67. The van der Waals surface area contributed by atoms with Crippen LogP contribution in [-0.2, 0) is 6.54 Å². The molecule has 27 heavy (non-hydrogen) atoms. The molecule has 3 rings (SSSR count). The number of carbonyl (C=O) groups excluding carboxylic acids is 1. The third-order valence-electron chi connectivity index (χ3n) is 3.76. The van der Waals surface area contributed by atoms with E-state index >= 15 is 0 Å². The maximum absolute atomic E-state index is 12.3. The molecule has 1 aromatic heterocycles. The quantitative estimate of drug-likeness (QED) is 0.560. The van der Waals surface area contributed by atoms with Crippen molar-refractivity contribution in [1.29, 1.82) is 0 Å². The second-order valence-electron chi connectivity index (χ2n) is 5.65. The van der Waals surface area contributed by atoms with Crippen molar-refractivity contribution in [3.8, 4) is 5.75 Å². The summed E-state index contributed by atoms with van der Waals surface area (Å²) in [5.41, 5.74) is 2.03. The Morgan fingerprint density at radius 2 is 1.67 bits per heavy atom. The summed E-state index contributed by atoms with van der Waals surface area (Å²) < 4.78 is 10.3. The molecule has 0 unspecified atom stereocenters. The van der Waals surface area contributed by atoms with Crippen LogP contribution in [0.4, 0.5) is 11.4 Å². The van der Waals surface area contributed by atoms with Gasteiger partial charge in [0, 0.05) is 16.9 Å². The van der Waals surface area contributed by atoms with Gasteiger partial charge in [-0.05, 0) is 72.9 Å². The van der Waals surface area contributed by atoms with Gasteiger partial charge in [-0.2, -0.15) is 0 Å². The molecular formula is C20H19N3O3S. The fourth-order valence-electron chi connectivity index (χ4n) is 2.34. The highest BCUT2D eigenvalue weighted by Crippen LogP contribution is 2.16. The maximum atomic E-state index is 12.3. The first kappa shape index (κ1) is 18.5. The molecule has 3 N–H and O–H groups in total. The van der Waals surface area contributed by atoms with Gasteiger partial charge in [0.05, 0.1) is 19.9 Å². The molecule has 0 fully saturated rings. The van der Waals surface area contributed by atoms with Crippen LogP contribution in [0.3, 0.4) is 0 Å². The highest BCUT2D eigenvalue weighted by atomic mass is 32.1. The van der Waals surface area contributed by atoms with E-state index in [9.17, 15) is 4.79 Å². The number of furan rings is 1. The lowest BCUT2D eigenvalue weighted by Gasteiger charge is -2.10. The summed E-state index contributed by atoms with van der Waals surface area (Å²) in [6.07, 6.45) is 1.61. The van der Waals surface area contributed by atoms with Gasteiger partial charge in [-0.3, -0.25) is 4.79 Å². The van der Waals surface area contributed by atoms with E-state index in [0.29, 0.717) is 22.9 Å². The minimum atomic E-state index is -0.190. The molecule has 3 aromatic rings. The normalized spacial score (nSPS) is 10.1. The van der Waals surface area contributed by atoms with Crippen LogP contribution in [-0.4, -0.2) is 18.1 Å². The molecule has 0 saturated heterocycles. The van der Waals surface area contributed by atoms with Gasteiger partial charge in [0.2, 0.25) is 0 Å². The van der Waals surface area contributed by atoms with Crippen molar-refractivity contribution in [1.82, 2.24) is 5.32 Å². The number of methoxy groups -OCH3 is 1. The SMILES string of the molecule is COc1ccc(NC(=O)c2ccc(NC(=S)NCc3ccco3)cc2)cc1. The topological polar surface area (TPSA) is 75.5 Å². The van der Waals surface area contributed by atoms with Crippen LogP contribution in [0, 0.1) is 0 Å². The van der Waals surface area contributed by atoms with Gasteiger partial charge in [-0.25, -0.2) is 0 Å². The summed E-state index contributed by atoms with van der Waals surface area (Å²) in [6, 6.07) is 17.9. The third kappa shape index (κ3) is 5.32. The second-order valence-corrected chi connectivity index (χ2v) is 6.06. The first-order valence-electron chi connectivity index (χ1n) is 8.27. The molecule has 2 aromatic carbocycles. The largest absolute Gasteiger partial charge is 0.497 e. The molecule has 0 spiro atoms. The number of hydrogen-bond donors (Lipinski definition) is 3. The van der Waals surface area contributed by atoms with Gasteiger partial charge in [-0.1, -0.05) is 0 Å². The highest BCUT2D eigenvalue weighted by Gasteiger charge is 2.07. The number of ether oxygens (including phenoxy) is 1. The minimum absolute atomic E-state index is 0.190. The van der Waals surface area contributed by atoms with Crippen LogP contribution in [0.5, 0.6) is 5.75 Å². The third-order valence-corrected chi connectivity index (χ3v) is 4.00. The van der Waals surface area contributed by atoms with Crippen LogP contribution in [0.15, 0.2) is 71.3 Å². The van der Waals surface area contributed by atoms with Crippen LogP contribution in [0.25, 0.3) is 0 Å². The van der Waals surface area contributed by atoms with Crippen molar-refractivity contribution in [2.24, 2.45) is 0 Å². The molecule has 0 radical (unpaired) electrons. The molecule has 0 bridgehead atoms. The van der Waals surface area contributed by atoms with E-state index in [2.05, 4.69) is 16.0 Å². The summed E-state index contributed by atoms with van der Waals surface area (Å²) in [5.74, 6) is 1.34. The van der Waals surface area contributed by atoms with Crippen molar-refractivity contribution in [2.45, 2.75) is 6.54 Å². The van der Waals surface area contributed by atoms with E-state index in [1.165, 1.54) is 0 Å². The van der Waals surface area contributed by atoms with E-state index in [1.54, 1.807) is 61.9 Å². The molecular weight excluding hydrogens is 362 g/mol. The van der Waals surface area contributed by atoms with Gasteiger partial charge >= 0.3 is 0 Å². The maximum Gasteiger partial charge on any atom is 0.255 e. The first-order chi connectivity index (χ1) is 13.1. The smallest absolute Gasteiger partial charge is 0.255 e. The van der Waals surface area contributed by atoms with E-state index in [4.69, 9.17) is 21.4 Å². The standard InChI is InChI=1S/C20H19N3O3S/c1-25-17-10-8-15(9-11-17)22-19(24)14-4-6-16(7-5-14)23-20(27)21-13-18-3-2-12-26-18/h2-12H,13H2,1H3,(H,22,24)(H2,21,23,27). The van der Waals surface area contributed by atoms with Gasteiger partial charge in [0.1, 0.15) is 11.5 Å². The number of rotatable bonds is 6. The molecule has 6 nitrogen and oxygen atoms in total. The van der Waals surface area contributed by atoms with Gasteiger partial charge in [0.25, 0.3) is 5.91 Å². The Labute approximate surface area is 162 Å². The molecule has 7 heteroatoms. The lowest BCUT2D eigenvalue weighted by atomic mass is 10.2. The summed E-state index contributed by atoms with van der Waals surface area (Å²) in [7, 11) is 1.60. The molecule has 0 aliphatic heterocycles. The summed E-state index contributed by atoms with van der Waals surface area (Å²) in [5, 5.41) is 9.43. The van der Waals surface area contributed by atoms with Crippen LogP contribution >= 0.6 is 12.2 Å². The molecule has 0 aliphatic carbocycles. The Morgan fingerprint density at radius 1 is 1.00 bits per heavy atom. The van der Waals surface area contributed by atoms with Crippen molar-refractivity contribution in [3.05, 3.63) is 78.3 Å². The lowest BCUT2D eigenvalue weighted by molar-refractivity contribution is 0.102. The van der Waals surface area contributed by atoms with Gasteiger partial charge < -0.3 is 25.1 Å². The van der Waals surface area contributed by atoms with Crippen LogP contribution in [0.1, 0.15) is 16.1 Å². The Bertz CT molecular complexity index is 891. The zero-order valence-corrected chi connectivity index (χ0v) is 15.5. The Balaban J connectivity index is 1.52. The Hall–Kier alpha value is -3.32. The average molecular weight is 381 g/mol. The number of thiocarbonyl (C=S) groups is 1. The second kappa shape index (κ2) is 8.86. The predicted molar refractivity (Wildman–Crippen MR) is 109 cm³/mol. The Morgan fingerprint density at radius 3 is 2.30 bits per heavy atom. The summed E-state index contributed by atoms with van der Waals surface area (Å²) >= 11 is 5.25. The molecule has 1 heterocycles. The zero-order chi connectivity index (χ0) is 19.1. The van der Waals surface area contributed by atoms with Crippen LogP contribution < -0.4 is 20.7 Å². The molecule has 0 atom stereocenters. The number of hydrogen-bond acceptors (Lipinski definition) is 4. The fraction of sp³-hybridized carbons (Fsp3) is 0.100. The molecule has 0 aliphatic rings. The number of nitrogens with one attached hydrogen (secondary N) is 3. The monoisotopic (exact) mass is 381 g/mol. The Kier molecular flexibility index (Phi) is 6.06. The fourth-order valence-corrected chi connectivity index (χ4v) is 2.53. The summed E-state index contributed by atoms with van der Waals surface area (Å²) in [4.78, 5) is 12.3.